The Morgan fingerprint density at radius 2 is 1.73 bits per heavy atom. The summed E-state index contributed by atoms with van der Waals surface area (Å²) < 4.78 is 36.7. The number of likely N-dealkylation sites (tertiary alicyclic amines) is 1. The molecule has 0 radical (unpaired) electrons. The number of ether oxygens (including phenoxy) is 1. The van der Waals surface area contributed by atoms with Crippen molar-refractivity contribution in [2.45, 2.75) is 31.7 Å². The lowest BCUT2D eigenvalue weighted by molar-refractivity contribution is -0.119. The topological polar surface area (TPSA) is 137 Å². The lowest BCUT2D eigenvalue weighted by atomic mass is 9.98. The van der Waals surface area contributed by atoms with E-state index in [4.69, 9.17) is 15.5 Å². The number of nitrogens with one attached hydrogen (secondary N) is 1. The molecule has 2 aromatic heterocycles. The van der Waals surface area contributed by atoms with E-state index in [9.17, 15) is 18.0 Å². The highest BCUT2D eigenvalue weighted by molar-refractivity contribution is 7.91. The highest BCUT2D eigenvalue weighted by Crippen LogP contribution is 2.29. The Morgan fingerprint density at radius 1 is 0.978 bits per heavy atom. The molecule has 0 spiro atoms. The number of pyridine rings is 1. The maximum atomic E-state index is 13.6. The van der Waals surface area contributed by atoms with Gasteiger partial charge in [-0.2, -0.15) is 0 Å². The van der Waals surface area contributed by atoms with E-state index >= 15 is 0 Å². The third kappa shape index (κ3) is 7.00. The molecule has 232 valence electrons. The Hall–Kier alpha value is -4.74. The van der Waals surface area contributed by atoms with Crippen molar-refractivity contribution in [2.75, 3.05) is 24.4 Å². The monoisotopic (exact) mass is 625 g/mol. The van der Waals surface area contributed by atoms with Gasteiger partial charge in [0.05, 0.1) is 24.6 Å². The van der Waals surface area contributed by atoms with Crippen LogP contribution in [0.1, 0.15) is 40.2 Å². The number of hydrogen-bond acceptors (Lipinski definition) is 7. The summed E-state index contributed by atoms with van der Waals surface area (Å²) in [6.45, 7) is 2.03. The van der Waals surface area contributed by atoms with Crippen LogP contribution in [0.3, 0.4) is 0 Å². The van der Waals surface area contributed by atoms with E-state index in [1.165, 1.54) is 0 Å². The summed E-state index contributed by atoms with van der Waals surface area (Å²) in [4.78, 5) is 31.1. The van der Waals surface area contributed by atoms with Gasteiger partial charge in [-0.05, 0) is 71.0 Å². The standard InChI is InChI=1S/C34H35N5O5S/c35-19-29-11-10-27-18-32(34(41)44-21-24-12-14-38(23-40)15-13-24)39(33(27)36-29)20-28-17-30(16-26-8-4-5-9-31(26)28)37-45(42,43)22-25-6-2-1-3-7-25/h1-11,16-18,23-24,37H,12-15,19-22,35H2. The number of hydrogen-bond donors (Lipinski definition) is 2. The van der Waals surface area contributed by atoms with E-state index in [1.807, 2.05) is 65.2 Å². The van der Waals surface area contributed by atoms with E-state index in [0.29, 0.717) is 41.4 Å². The predicted octanol–water partition coefficient (Wildman–Crippen LogP) is 4.66. The first-order valence-electron chi connectivity index (χ1n) is 14.9. The molecule has 11 heteroatoms. The average molecular weight is 626 g/mol. The lowest BCUT2D eigenvalue weighted by Gasteiger charge is -2.28. The second kappa shape index (κ2) is 13.1. The number of carbonyl (C=O) groups is 2. The Balaban J connectivity index is 1.33. The quantitative estimate of drug-likeness (QED) is 0.161. The van der Waals surface area contributed by atoms with Gasteiger partial charge in [0.1, 0.15) is 11.3 Å². The molecule has 1 saturated heterocycles. The van der Waals surface area contributed by atoms with E-state index < -0.39 is 16.0 Å². The molecular weight excluding hydrogens is 590 g/mol. The smallest absolute Gasteiger partial charge is 0.355 e. The van der Waals surface area contributed by atoms with Gasteiger partial charge in [0.2, 0.25) is 16.4 Å². The highest BCUT2D eigenvalue weighted by Gasteiger charge is 2.23. The fourth-order valence-electron chi connectivity index (χ4n) is 5.86. The van der Waals surface area contributed by atoms with Crippen LogP contribution in [0.25, 0.3) is 21.8 Å². The first-order valence-corrected chi connectivity index (χ1v) is 16.6. The van der Waals surface area contributed by atoms with Crippen molar-refractivity contribution < 1.29 is 22.7 Å². The van der Waals surface area contributed by atoms with E-state index in [0.717, 1.165) is 41.0 Å². The molecule has 3 N–H and O–H groups in total. The molecule has 5 aromatic rings. The summed E-state index contributed by atoms with van der Waals surface area (Å²) >= 11 is 0. The largest absolute Gasteiger partial charge is 0.461 e. The zero-order valence-electron chi connectivity index (χ0n) is 24.8. The zero-order valence-corrected chi connectivity index (χ0v) is 25.6. The molecule has 0 saturated carbocycles. The molecule has 3 heterocycles. The molecule has 3 aromatic carbocycles. The van der Waals surface area contributed by atoms with Gasteiger partial charge >= 0.3 is 5.97 Å². The Labute approximate surface area is 261 Å². The van der Waals surface area contributed by atoms with Crippen molar-refractivity contribution in [3.8, 4) is 0 Å². The molecular formula is C34H35N5O5S. The molecule has 1 aliphatic rings. The number of carbonyl (C=O) groups excluding carboxylic acids is 2. The predicted molar refractivity (Wildman–Crippen MR) is 174 cm³/mol. The van der Waals surface area contributed by atoms with Crippen LogP contribution >= 0.6 is 0 Å². The van der Waals surface area contributed by atoms with E-state index in [1.54, 1.807) is 29.2 Å². The Kier molecular flexibility index (Phi) is 8.81. The van der Waals surface area contributed by atoms with Crippen molar-refractivity contribution in [1.82, 2.24) is 14.5 Å². The SMILES string of the molecule is NCc1ccc2cc(C(=O)OCC3CCN(C=O)CC3)n(Cc3cc(NS(=O)(=O)Cc4ccccc4)cc4ccccc34)c2n1. The molecule has 0 aliphatic carbocycles. The number of aromatic nitrogens is 2. The van der Waals surface area contributed by atoms with Crippen LogP contribution in [0.4, 0.5) is 5.69 Å². The highest BCUT2D eigenvalue weighted by atomic mass is 32.2. The third-order valence-corrected chi connectivity index (χ3v) is 9.48. The van der Waals surface area contributed by atoms with Crippen molar-refractivity contribution >= 4 is 49.9 Å². The zero-order chi connectivity index (χ0) is 31.4. The fourth-order valence-corrected chi connectivity index (χ4v) is 7.04. The Bertz CT molecular complexity index is 1950. The van der Waals surface area contributed by atoms with Crippen LogP contribution in [-0.4, -0.2) is 54.9 Å². The summed E-state index contributed by atoms with van der Waals surface area (Å²) in [7, 11) is -3.70. The minimum absolute atomic E-state index is 0.159. The average Bonchev–Trinajstić information content (AvgIpc) is 3.41. The lowest BCUT2D eigenvalue weighted by Crippen LogP contribution is -2.34. The summed E-state index contributed by atoms with van der Waals surface area (Å²) in [6, 6.07) is 25.9. The third-order valence-electron chi connectivity index (χ3n) is 8.22. The van der Waals surface area contributed by atoms with Gasteiger partial charge in [-0.3, -0.25) is 9.52 Å². The summed E-state index contributed by atoms with van der Waals surface area (Å²) in [5.41, 5.74) is 9.44. The van der Waals surface area contributed by atoms with Crippen molar-refractivity contribution in [1.29, 1.82) is 0 Å². The molecule has 45 heavy (non-hydrogen) atoms. The molecule has 0 unspecified atom stereocenters. The van der Waals surface area contributed by atoms with Crippen LogP contribution in [0.5, 0.6) is 0 Å². The summed E-state index contributed by atoms with van der Waals surface area (Å²) in [5, 5.41) is 2.54. The normalized spacial score (nSPS) is 14.1. The maximum absolute atomic E-state index is 13.6. The number of amides is 1. The van der Waals surface area contributed by atoms with Gasteiger partial charge in [0, 0.05) is 30.7 Å². The second-order valence-corrected chi connectivity index (χ2v) is 13.1. The summed E-state index contributed by atoms with van der Waals surface area (Å²) in [6.07, 6.45) is 2.40. The van der Waals surface area contributed by atoms with Crippen LogP contribution in [-0.2, 0) is 38.4 Å². The number of piperidine rings is 1. The van der Waals surface area contributed by atoms with Gasteiger partial charge in [-0.15, -0.1) is 0 Å². The van der Waals surface area contributed by atoms with Crippen LogP contribution in [0.15, 0.2) is 84.9 Å². The Morgan fingerprint density at radius 3 is 2.49 bits per heavy atom. The fraction of sp³-hybridized carbons (Fsp3) is 0.265. The van der Waals surface area contributed by atoms with E-state index in [-0.39, 0.29) is 31.4 Å². The number of esters is 1. The second-order valence-electron chi connectivity index (χ2n) is 11.4. The van der Waals surface area contributed by atoms with Crippen LogP contribution in [0, 0.1) is 5.92 Å². The minimum Gasteiger partial charge on any atom is -0.461 e. The molecule has 6 rings (SSSR count). The molecule has 10 nitrogen and oxygen atoms in total. The first kappa shape index (κ1) is 30.3. The van der Waals surface area contributed by atoms with Crippen LogP contribution < -0.4 is 10.5 Å². The van der Waals surface area contributed by atoms with Crippen LogP contribution in [0.2, 0.25) is 0 Å². The molecule has 0 bridgehead atoms. The number of sulfonamides is 1. The number of fused-ring (bicyclic) bond motifs is 2. The first-order chi connectivity index (χ1) is 21.8. The number of anilines is 1. The number of rotatable bonds is 11. The molecule has 1 fully saturated rings. The van der Waals surface area contributed by atoms with Gasteiger partial charge in [0.15, 0.2) is 0 Å². The van der Waals surface area contributed by atoms with Gasteiger partial charge in [-0.25, -0.2) is 18.2 Å². The van der Waals surface area contributed by atoms with Gasteiger partial charge in [-0.1, -0.05) is 54.6 Å². The summed E-state index contributed by atoms with van der Waals surface area (Å²) in [5.74, 6) is -0.451. The number of nitrogens with two attached hydrogens (primary N) is 1. The van der Waals surface area contributed by atoms with Crippen molar-refractivity contribution in [2.24, 2.45) is 11.7 Å². The number of nitrogens with zero attached hydrogens (tertiary/aromatic N) is 3. The number of benzene rings is 3. The minimum atomic E-state index is -3.70. The molecule has 1 amide bonds. The van der Waals surface area contributed by atoms with Crippen molar-refractivity contribution in [3.05, 3.63) is 107 Å². The van der Waals surface area contributed by atoms with E-state index in [2.05, 4.69) is 4.72 Å². The van der Waals surface area contributed by atoms with Gasteiger partial charge < -0.3 is 19.9 Å². The maximum Gasteiger partial charge on any atom is 0.355 e. The molecule has 0 atom stereocenters. The molecule has 1 aliphatic heterocycles. The van der Waals surface area contributed by atoms with Crippen molar-refractivity contribution in [3.63, 3.8) is 0 Å². The van der Waals surface area contributed by atoms with Gasteiger partial charge in [0.25, 0.3) is 0 Å².